The maximum absolute atomic E-state index is 11.9. The minimum absolute atomic E-state index is 0.0235. The molecule has 1 fully saturated rings. The van der Waals surface area contributed by atoms with Crippen molar-refractivity contribution in [3.8, 4) is 0 Å². The van der Waals surface area contributed by atoms with Crippen molar-refractivity contribution < 1.29 is 4.79 Å². The highest BCUT2D eigenvalue weighted by atomic mass is 16.1. The molecule has 20 heavy (non-hydrogen) atoms. The van der Waals surface area contributed by atoms with Crippen LogP contribution in [0, 0.1) is 11.3 Å². The lowest BCUT2D eigenvalue weighted by Gasteiger charge is -2.39. The molecule has 1 atom stereocenters. The first-order chi connectivity index (χ1) is 9.39. The van der Waals surface area contributed by atoms with Gasteiger partial charge in [0.25, 0.3) is 0 Å². The summed E-state index contributed by atoms with van der Waals surface area (Å²) in [5.41, 5.74) is 6.37. The molecule has 3 nitrogen and oxygen atoms in total. The molecule has 0 saturated heterocycles. The molecule has 1 aliphatic carbocycles. The van der Waals surface area contributed by atoms with Crippen molar-refractivity contribution in [1.29, 1.82) is 0 Å². The Morgan fingerprint density at radius 2 is 1.85 bits per heavy atom. The Kier molecular flexibility index (Phi) is 7.01. The van der Waals surface area contributed by atoms with Crippen molar-refractivity contribution in [3.63, 3.8) is 0 Å². The standard InChI is InChI=1S/C17H34N2O/c1-5-7-14(18)12-16(20)19-15-10-8-13(9-11-15)17(3,4)6-2/h13-15H,5-12,18H2,1-4H3,(H,19,20). The van der Waals surface area contributed by atoms with E-state index in [1.54, 1.807) is 0 Å². The Hall–Kier alpha value is -0.570. The van der Waals surface area contributed by atoms with Crippen LogP contribution in [-0.2, 0) is 4.79 Å². The number of hydrogen-bond donors (Lipinski definition) is 2. The summed E-state index contributed by atoms with van der Waals surface area (Å²) >= 11 is 0. The molecule has 3 heteroatoms. The smallest absolute Gasteiger partial charge is 0.221 e. The molecule has 0 aromatic carbocycles. The highest BCUT2D eigenvalue weighted by Gasteiger charge is 2.32. The number of nitrogens with one attached hydrogen (secondary N) is 1. The average molecular weight is 282 g/mol. The molecule has 1 rings (SSSR count). The van der Waals surface area contributed by atoms with Crippen LogP contribution in [0.25, 0.3) is 0 Å². The zero-order valence-electron chi connectivity index (χ0n) is 13.9. The zero-order chi connectivity index (χ0) is 15.2. The second kappa shape index (κ2) is 8.02. The molecule has 0 bridgehead atoms. The van der Waals surface area contributed by atoms with Crippen molar-refractivity contribution in [3.05, 3.63) is 0 Å². The van der Waals surface area contributed by atoms with Gasteiger partial charge in [-0.15, -0.1) is 0 Å². The molecule has 1 saturated carbocycles. The maximum atomic E-state index is 11.9. The zero-order valence-corrected chi connectivity index (χ0v) is 13.9. The number of carbonyl (C=O) groups is 1. The summed E-state index contributed by atoms with van der Waals surface area (Å²) in [7, 11) is 0. The van der Waals surface area contributed by atoms with E-state index in [0.717, 1.165) is 31.6 Å². The Bertz CT molecular complexity index is 293. The third-order valence-corrected chi connectivity index (χ3v) is 5.22. The van der Waals surface area contributed by atoms with Gasteiger partial charge in [-0.3, -0.25) is 4.79 Å². The molecule has 0 radical (unpaired) electrons. The Labute approximate surface area is 125 Å². The highest BCUT2D eigenvalue weighted by molar-refractivity contribution is 5.76. The second-order valence-corrected chi connectivity index (χ2v) is 7.21. The molecule has 1 aliphatic rings. The van der Waals surface area contributed by atoms with Crippen LogP contribution in [0.4, 0.5) is 0 Å². The number of nitrogens with two attached hydrogens (primary N) is 1. The van der Waals surface area contributed by atoms with Crippen molar-refractivity contribution in [1.82, 2.24) is 5.32 Å². The summed E-state index contributed by atoms with van der Waals surface area (Å²) in [4.78, 5) is 11.9. The quantitative estimate of drug-likeness (QED) is 0.749. The third kappa shape index (κ3) is 5.43. The summed E-state index contributed by atoms with van der Waals surface area (Å²) in [5.74, 6) is 0.951. The van der Waals surface area contributed by atoms with Gasteiger partial charge in [-0.05, 0) is 43.4 Å². The van der Waals surface area contributed by atoms with E-state index < -0.39 is 0 Å². The Morgan fingerprint density at radius 3 is 2.35 bits per heavy atom. The van der Waals surface area contributed by atoms with Crippen LogP contribution in [0.3, 0.4) is 0 Å². The first-order valence-electron chi connectivity index (χ1n) is 8.44. The molecule has 1 amide bonds. The molecule has 3 N–H and O–H groups in total. The summed E-state index contributed by atoms with van der Waals surface area (Å²) in [6.07, 6.45) is 8.44. The van der Waals surface area contributed by atoms with Gasteiger partial charge in [0.15, 0.2) is 0 Å². The average Bonchev–Trinajstić information content (AvgIpc) is 2.39. The van der Waals surface area contributed by atoms with E-state index in [-0.39, 0.29) is 11.9 Å². The van der Waals surface area contributed by atoms with Gasteiger partial charge in [-0.2, -0.15) is 0 Å². The van der Waals surface area contributed by atoms with Gasteiger partial charge in [-0.1, -0.05) is 40.5 Å². The second-order valence-electron chi connectivity index (χ2n) is 7.21. The van der Waals surface area contributed by atoms with Crippen LogP contribution in [0.5, 0.6) is 0 Å². The fourth-order valence-electron chi connectivity index (χ4n) is 3.31. The lowest BCUT2D eigenvalue weighted by Crippen LogP contribution is -2.41. The monoisotopic (exact) mass is 282 g/mol. The van der Waals surface area contributed by atoms with Gasteiger partial charge in [-0.25, -0.2) is 0 Å². The summed E-state index contributed by atoms with van der Waals surface area (Å²) in [5, 5.41) is 3.18. The number of carbonyl (C=O) groups excluding carboxylic acids is 1. The van der Waals surface area contributed by atoms with Crippen molar-refractivity contribution >= 4 is 5.91 Å². The fraction of sp³-hybridized carbons (Fsp3) is 0.941. The van der Waals surface area contributed by atoms with Gasteiger partial charge >= 0.3 is 0 Å². The van der Waals surface area contributed by atoms with Gasteiger partial charge in [0, 0.05) is 18.5 Å². The largest absolute Gasteiger partial charge is 0.353 e. The SMILES string of the molecule is CCCC(N)CC(=O)NC1CCC(C(C)(C)CC)CC1. The molecule has 118 valence electrons. The van der Waals surface area contributed by atoms with Crippen LogP contribution in [0.15, 0.2) is 0 Å². The van der Waals surface area contributed by atoms with Crippen LogP contribution in [-0.4, -0.2) is 18.0 Å². The number of hydrogen-bond acceptors (Lipinski definition) is 2. The van der Waals surface area contributed by atoms with Crippen LogP contribution < -0.4 is 11.1 Å². The lowest BCUT2D eigenvalue weighted by atomic mass is 9.69. The van der Waals surface area contributed by atoms with Crippen molar-refractivity contribution in [2.75, 3.05) is 0 Å². The van der Waals surface area contributed by atoms with Gasteiger partial charge in [0.2, 0.25) is 5.91 Å². The van der Waals surface area contributed by atoms with Crippen molar-refractivity contribution in [2.24, 2.45) is 17.1 Å². The van der Waals surface area contributed by atoms with E-state index in [9.17, 15) is 4.79 Å². The Morgan fingerprint density at radius 1 is 1.25 bits per heavy atom. The van der Waals surface area contributed by atoms with Gasteiger partial charge in [0.1, 0.15) is 0 Å². The topological polar surface area (TPSA) is 55.1 Å². The maximum Gasteiger partial charge on any atom is 0.221 e. The number of rotatable bonds is 7. The van der Waals surface area contributed by atoms with Gasteiger partial charge in [0.05, 0.1) is 0 Å². The lowest BCUT2D eigenvalue weighted by molar-refractivity contribution is -0.122. The summed E-state index contributed by atoms with van der Waals surface area (Å²) in [6, 6.07) is 0.399. The minimum Gasteiger partial charge on any atom is -0.353 e. The van der Waals surface area contributed by atoms with E-state index in [1.807, 2.05) is 0 Å². The molecule has 0 heterocycles. The van der Waals surface area contributed by atoms with E-state index in [4.69, 9.17) is 5.73 Å². The Balaban J connectivity index is 2.30. The minimum atomic E-state index is 0.0235. The summed E-state index contributed by atoms with van der Waals surface area (Å²) < 4.78 is 0. The highest BCUT2D eigenvalue weighted by Crippen LogP contribution is 2.40. The predicted octanol–water partition coefficient (Wildman–Crippen LogP) is 3.62. The normalized spacial score (nSPS) is 25.2. The predicted molar refractivity (Wildman–Crippen MR) is 85.5 cm³/mol. The van der Waals surface area contributed by atoms with Gasteiger partial charge < -0.3 is 11.1 Å². The molecule has 1 unspecified atom stereocenters. The molecule has 0 aromatic rings. The number of amides is 1. The first-order valence-corrected chi connectivity index (χ1v) is 8.44. The van der Waals surface area contributed by atoms with E-state index in [1.165, 1.54) is 19.3 Å². The van der Waals surface area contributed by atoms with Crippen LogP contribution in [0.2, 0.25) is 0 Å². The molecule has 0 spiro atoms. The molecular weight excluding hydrogens is 248 g/mol. The van der Waals surface area contributed by atoms with Crippen LogP contribution in [0.1, 0.15) is 79.1 Å². The molecule has 0 aliphatic heterocycles. The molecular formula is C17H34N2O. The summed E-state index contributed by atoms with van der Waals surface area (Å²) in [6.45, 7) is 9.14. The van der Waals surface area contributed by atoms with E-state index in [2.05, 4.69) is 33.0 Å². The fourth-order valence-corrected chi connectivity index (χ4v) is 3.31. The third-order valence-electron chi connectivity index (χ3n) is 5.22. The first kappa shape index (κ1) is 17.5. The van der Waals surface area contributed by atoms with Crippen molar-refractivity contribution in [2.45, 2.75) is 91.1 Å². The van der Waals surface area contributed by atoms with E-state index in [0.29, 0.717) is 17.9 Å². The molecule has 0 aromatic heterocycles. The van der Waals surface area contributed by atoms with Crippen LogP contribution >= 0.6 is 0 Å². The van der Waals surface area contributed by atoms with E-state index >= 15 is 0 Å².